The molecule has 16 heavy (non-hydrogen) atoms. The summed E-state index contributed by atoms with van der Waals surface area (Å²) in [6, 6.07) is 13.3. The van der Waals surface area contributed by atoms with E-state index >= 15 is 0 Å². The van der Waals surface area contributed by atoms with Crippen LogP contribution in [0.1, 0.15) is 18.1 Å². The van der Waals surface area contributed by atoms with Crippen LogP contribution in [0, 0.1) is 13.0 Å². The number of rotatable bonds is 2. The molecule has 2 rings (SSSR count). The minimum atomic E-state index is 0. The van der Waals surface area contributed by atoms with Crippen molar-refractivity contribution in [1.29, 1.82) is 0 Å². The normalized spacial score (nSPS) is 9.62. The van der Waals surface area contributed by atoms with Crippen LogP contribution >= 0.6 is 0 Å². The first-order valence-electron chi connectivity index (χ1n) is 5.24. The zero-order valence-electron chi connectivity index (χ0n) is 9.45. The first-order valence-corrected chi connectivity index (χ1v) is 5.24. The molecule has 0 fully saturated rings. The molecule has 2 aromatic rings. The molecule has 0 spiro atoms. The summed E-state index contributed by atoms with van der Waals surface area (Å²) in [7, 11) is 0. The first-order chi connectivity index (χ1) is 7.33. The smallest absolute Gasteiger partial charge is 0.0160 e. The fourth-order valence-electron chi connectivity index (χ4n) is 1.83. The Kier molecular flexibility index (Phi) is 4.85. The third-order valence-corrected chi connectivity index (χ3v) is 2.61. The molecule has 1 nitrogen and oxygen atoms in total. The number of pyridine rings is 1. The van der Waals surface area contributed by atoms with Crippen LogP contribution in [0.3, 0.4) is 0 Å². The Morgan fingerprint density at radius 1 is 1.25 bits per heavy atom. The van der Waals surface area contributed by atoms with Gasteiger partial charge in [0, 0.05) is 26.3 Å². The molecule has 0 saturated heterocycles. The largest absolute Gasteiger partial charge is 0.305 e. The van der Waals surface area contributed by atoms with E-state index < -0.39 is 0 Å². The number of aromatic nitrogens is 1. The second-order valence-corrected chi connectivity index (χ2v) is 3.58. The summed E-state index contributed by atoms with van der Waals surface area (Å²) in [6.45, 7) is 4.31. The van der Waals surface area contributed by atoms with Crippen molar-refractivity contribution in [3.63, 3.8) is 0 Å². The van der Waals surface area contributed by atoms with Crippen molar-refractivity contribution < 1.29 is 20.1 Å². The minimum Gasteiger partial charge on any atom is -0.305 e. The molecule has 0 aliphatic heterocycles. The summed E-state index contributed by atoms with van der Waals surface area (Å²) in [5.41, 5.74) is 4.81. The number of hydrogen-bond acceptors (Lipinski definition) is 1. The van der Waals surface area contributed by atoms with Gasteiger partial charge >= 0.3 is 0 Å². The van der Waals surface area contributed by atoms with Crippen molar-refractivity contribution >= 4 is 0 Å². The molecule has 0 aliphatic rings. The molecule has 1 aromatic heterocycles. The molecule has 1 heterocycles. The van der Waals surface area contributed by atoms with Gasteiger partial charge < -0.3 is 4.98 Å². The quantitative estimate of drug-likeness (QED) is 0.719. The summed E-state index contributed by atoms with van der Waals surface area (Å²) in [4.78, 5) is 4.37. The summed E-state index contributed by atoms with van der Waals surface area (Å²) < 4.78 is 0. The van der Waals surface area contributed by atoms with Crippen LogP contribution < -0.4 is 0 Å². The number of nitrogens with zero attached hydrogens (tertiary/aromatic N) is 1. The SMILES string of the molecule is CCc1c(-c2ccccn2)[c-]ccc1C.[Ir]. The topological polar surface area (TPSA) is 12.9 Å². The summed E-state index contributed by atoms with van der Waals surface area (Å²) in [5, 5.41) is 0. The van der Waals surface area contributed by atoms with E-state index in [9.17, 15) is 0 Å². The maximum absolute atomic E-state index is 4.37. The van der Waals surface area contributed by atoms with Crippen LogP contribution in [0.4, 0.5) is 0 Å². The summed E-state index contributed by atoms with van der Waals surface area (Å²) in [5.74, 6) is 0. The molecule has 0 atom stereocenters. The van der Waals surface area contributed by atoms with E-state index in [1.165, 1.54) is 11.1 Å². The third kappa shape index (κ3) is 2.58. The minimum absolute atomic E-state index is 0. The summed E-state index contributed by atoms with van der Waals surface area (Å²) >= 11 is 0. The van der Waals surface area contributed by atoms with Gasteiger partial charge in [0.2, 0.25) is 0 Å². The van der Waals surface area contributed by atoms with Crippen molar-refractivity contribution in [2.75, 3.05) is 0 Å². The van der Waals surface area contributed by atoms with Gasteiger partial charge in [-0.2, -0.15) is 0 Å². The van der Waals surface area contributed by atoms with Crippen molar-refractivity contribution in [2.24, 2.45) is 0 Å². The van der Waals surface area contributed by atoms with Gasteiger partial charge in [0.25, 0.3) is 0 Å². The zero-order valence-corrected chi connectivity index (χ0v) is 11.8. The standard InChI is InChI=1S/C14H14N.Ir/c1-3-12-11(2)7-6-8-13(12)14-9-4-5-10-15-14;/h4-7,9-10H,3H2,1-2H3;/q-1;. The molecule has 2 heteroatoms. The van der Waals surface area contributed by atoms with E-state index in [0.717, 1.165) is 17.7 Å². The molecule has 0 N–H and O–H groups in total. The van der Waals surface area contributed by atoms with Gasteiger partial charge in [-0.05, 0) is 11.8 Å². The maximum Gasteiger partial charge on any atom is 0.0160 e. The van der Waals surface area contributed by atoms with Crippen LogP contribution in [0.15, 0.2) is 36.5 Å². The fraction of sp³-hybridized carbons (Fsp3) is 0.214. The molecule has 85 valence electrons. The van der Waals surface area contributed by atoms with Crippen molar-refractivity contribution in [3.05, 3.63) is 53.7 Å². The Morgan fingerprint density at radius 3 is 2.69 bits per heavy atom. The van der Waals surface area contributed by atoms with Crippen LogP contribution in [-0.2, 0) is 26.5 Å². The molecule has 0 amide bonds. The second kappa shape index (κ2) is 5.93. The van der Waals surface area contributed by atoms with Crippen molar-refractivity contribution in [1.82, 2.24) is 4.98 Å². The van der Waals surface area contributed by atoms with Gasteiger partial charge in [-0.3, -0.25) is 0 Å². The number of hydrogen-bond donors (Lipinski definition) is 0. The molecular weight excluding hydrogens is 374 g/mol. The molecule has 1 aromatic carbocycles. The predicted octanol–water partition coefficient (Wildman–Crippen LogP) is 3.42. The van der Waals surface area contributed by atoms with E-state index in [-0.39, 0.29) is 20.1 Å². The van der Waals surface area contributed by atoms with Gasteiger partial charge in [-0.1, -0.05) is 32.4 Å². The first kappa shape index (κ1) is 13.1. The predicted molar refractivity (Wildman–Crippen MR) is 62.6 cm³/mol. The van der Waals surface area contributed by atoms with E-state index in [4.69, 9.17) is 0 Å². The van der Waals surface area contributed by atoms with E-state index in [2.05, 4.69) is 31.0 Å². The second-order valence-electron chi connectivity index (χ2n) is 3.58. The Bertz CT molecular complexity index is 452. The monoisotopic (exact) mass is 389 g/mol. The van der Waals surface area contributed by atoms with Gasteiger partial charge in [0.1, 0.15) is 0 Å². The zero-order chi connectivity index (χ0) is 10.7. The Morgan fingerprint density at radius 2 is 2.06 bits per heavy atom. The Labute approximate surface area is 110 Å². The fourth-order valence-corrected chi connectivity index (χ4v) is 1.83. The van der Waals surface area contributed by atoms with Gasteiger partial charge in [0.15, 0.2) is 0 Å². The van der Waals surface area contributed by atoms with E-state index in [1.807, 2.05) is 30.5 Å². The van der Waals surface area contributed by atoms with Crippen LogP contribution in [0.25, 0.3) is 11.3 Å². The molecular formula is C14H14IrN-. The average Bonchev–Trinajstić information content (AvgIpc) is 2.30. The van der Waals surface area contributed by atoms with Crippen LogP contribution in [0.2, 0.25) is 0 Å². The molecule has 0 saturated carbocycles. The Balaban J connectivity index is 0.00000128. The number of benzene rings is 1. The average molecular weight is 388 g/mol. The Hall–Kier alpha value is -0.981. The molecule has 0 bridgehead atoms. The van der Waals surface area contributed by atoms with Crippen LogP contribution in [-0.4, -0.2) is 4.98 Å². The summed E-state index contributed by atoms with van der Waals surface area (Å²) in [6.07, 6.45) is 2.85. The number of aryl methyl sites for hydroxylation is 1. The van der Waals surface area contributed by atoms with Crippen molar-refractivity contribution in [3.8, 4) is 11.3 Å². The van der Waals surface area contributed by atoms with E-state index in [0.29, 0.717) is 0 Å². The van der Waals surface area contributed by atoms with Crippen LogP contribution in [0.5, 0.6) is 0 Å². The van der Waals surface area contributed by atoms with Gasteiger partial charge in [-0.25, -0.2) is 0 Å². The third-order valence-electron chi connectivity index (χ3n) is 2.61. The molecule has 1 radical (unpaired) electrons. The molecule has 0 aliphatic carbocycles. The van der Waals surface area contributed by atoms with Gasteiger partial charge in [-0.15, -0.1) is 34.9 Å². The molecule has 0 unspecified atom stereocenters. The maximum atomic E-state index is 4.37. The van der Waals surface area contributed by atoms with E-state index in [1.54, 1.807) is 0 Å². The van der Waals surface area contributed by atoms with Gasteiger partial charge in [0.05, 0.1) is 0 Å². The van der Waals surface area contributed by atoms with Crippen molar-refractivity contribution in [2.45, 2.75) is 20.3 Å².